The van der Waals surface area contributed by atoms with Crippen LogP contribution in [0.4, 0.5) is 5.82 Å². The molecular formula is C28H33N5O2S2. The highest BCUT2D eigenvalue weighted by Crippen LogP contribution is 2.39. The largest absolute Gasteiger partial charge is 0.355 e. The first-order valence-electron chi connectivity index (χ1n) is 12.8. The van der Waals surface area contributed by atoms with E-state index in [1.807, 2.05) is 50.3 Å². The molecule has 2 aromatic rings. The summed E-state index contributed by atoms with van der Waals surface area (Å²) in [6.45, 7) is 12.8. The molecule has 1 atom stereocenters. The number of nitrogens with zero attached hydrogens (tertiary/aromatic N) is 5. The molecular weight excluding hydrogens is 502 g/mol. The second-order valence-corrected chi connectivity index (χ2v) is 11.0. The number of carbonyl (C=O) groups is 1. The number of carbonyl (C=O) groups excluding carboxylic acids is 1. The third-order valence-corrected chi connectivity index (χ3v) is 8.51. The fourth-order valence-corrected chi connectivity index (χ4v) is 6.42. The van der Waals surface area contributed by atoms with Crippen LogP contribution < -0.4 is 10.5 Å². The molecule has 7 nitrogen and oxygen atoms in total. The van der Waals surface area contributed by atoms with Crippen LogP contribution in [0.15, 0.2) is 40.0 Å². The van der Waals surface area contributed by atoms with Crippen molar-refractivity contribution in [2.75, 3.05) is 37.6 Å². The van der Waals surface area contributed by atoms with Crippen LogP contribution in [0, 0.1) is 18.3 Å². The Morgan fingerprint density at radius 2 is 1.81 bits per heavy atom. The second kappa shape index (κ2) is 11.6. The molecule has 1 unspecified atom stereocenters. The third kappa shape index (κ3) is 5.24. The highest BCUT2D eigenvalue weighted by Gasteiger charge is 2.37. The van der Waals surface area contributed by atoms with E-state index in [-0.39, 0.29) is 23.1 Å². The SMILES string of the molecule is CCCn1c(N2CCN(CC)CC2)c(/C=C2\SC(=S)N(C(C)c3ccccc3)C2=O)c(C)c(C#N)c1=O. The van der Waals surface area contributed by atoms with Crippen molar-refractivity contribution in [3.63, 3.8) is 0 Å². The highest BCUT2D eigenvalue weighted by atomic mass is 32.2. The minimum Gasteiger partial charge on any atom is -0.355 e. The van der Waals surface area contributed by atoms with Gasteiger partial charge in [0.05, 0.1) is 10.9 Å². The highest BCUT2D eigenvalue weighted by molar-refractivity contribution is 8.26. The molecule has 37 heavy (non-hydrogen) atoms. The number of hydrogen-bond acceptors (Lipinski definition) is 7. The lowest BCUT2D eigenvalue weighted by molar-refractivity contribution is -0.123. The van der Waals surface area contributed by atoms with Gasteiger partial charge in [0.2, 0.25) is 0 Å². The minimum atomic E-state index is -0.267. The smallest absolute Gasteiger partial charge is 0.270 e. The van der Waals surface area contributed by atoms with Crippen molar-refractivity contribution in [3.8, 4) is 6.07 Å². The van der Waals surface area contributed by atoms with Gasteiger partial charge in [0.1, 0.15) is 21.8 Å². The molecule has 1 aromatic carbocycles. The predicted molar refractivity (Wildman–Crippen MR) is 155 cm³/mol. The summed E-state index contributed by atoms with van der Waals surface area (Å²) in [5, 5.41) is 9.87. The van der Waals surface area contributed by atoms with Crippen LogP contribution in [0.2, 0.25) is 0 Å². The molecule has 0 saturated carbocycles. The van der Waals surface area contributed by atoms with Crippen LogP contribution in [0.3, 0.4) is 0 Å². The van der Waals surface area contributed by atoms with Crippen molar-refractivity contribution < 1.29 is 4.79 Å². The molecule has 0 N–H and O–H groups in total. The fraction of sp³-hybridized carbons (Fsp3) is 0.429. The van der Waals surface area contributed by atoms with Gasteiger partial charge in [-0.05, 0) is 44.0 Å². The maximum absolute atomic E-state index is 13.6. The Morgan fingerprint density at radius 1 is 1.14 bits per heavy atom. The Kier molecular flexibility index (Phi) is 8.53. The van der Waals surface area contributed by atoms with Gasteiger partial charge >= 0.3 is 0 Å². The molecule has 2 aliphatic heterocycles. The Bertz CT molecular complexity index is 1320. The van der Waals surface area contributed by atoms with Gasteiger partial charge in [-0.15, -0.1) is 0 Å². The molecule has 3 heterocycles. The van der Waals surface area contributed by atoms with E-state index in [9.17, 15) is 14.9 Å². The number of nitriles is 1. The summed E-state index contributed by atoms with van der Waals surface area (Å²) in [5.41, 5.74) is 2.23. The van der Waals surface area contributed by atoms with Gasteiger partial charge in [0.25, 0.3) is 11.5 Å². The van der Waals surface area contributed by atoms with Crippen molar-refractivity contribution in [2.24, 2.45) is 0 Å². The van der Waals surface area contributed by atoms with E-state index in [1.165, 1.54) is 11.8 Å². The Labute approximate surface area is 228 Å². The van der Waals surface area contributed by atoms with E-state index in [0.717, 1.165) is 56.1 Å². The van der Waals surface area contributed by atoms with E-state index in [4.69, 9.17) is 12.2 Å². The van der Waals surface area contributed by atoms with Crippen LogP contribution in [-0.4, -0.2) is 57.3 Å². The first-order valence-corrected chi connectivity index (χ1v) is 14.0. The number of hydrogen-bond donors (Lipinski definition) is 0. The van der Waals surface area contributed by atoms with E-state index in [0.29, 0.717) is 21.3 Å². The lowest BCUT2D eigenvalue weighted by atomic mass is 10.0. The van der Waals surface area contributed by atoms with Crippen molar-refractivity contribution in [2.45, 2.75) is 46.7 Å². The predicted octanol–water partition coefficient (Wildman–Crippen LogP) is 4.54. The van der Waals surface area contributed by atoms with Crippen molar-refractivity contribution in [1.29, 1.82) is 5.26 Å². The molecule has 0 bridgehead atoms. The molecule has 4 rings (SSSR count). The molecule has 9 heteroatoms. The van der Waals surface area contributed by atoms with Crippen molar-refractivity contribution in [3.05, 3.63) is 67.8 Å². The molecule has 2 fully saturated rings. The molecule has 0 radical (unpaired) electrons. The average Bonchev–Trinajstić information content (AvgIpc) is 3.19. The molecule has 194 valence electrons. The molecule has 0 aliphatic carbocycles. The summed E-state index contributed by atoms with van der Waals surface area (Å²) in [7, 11) is 0. The summed E-state index contributed by atoms with van der Waals surface area (Å²) in [6.07, 6.45) is 2.60. The maximum Gasteiger partial charge on any atom is 0.270 e. The lowest BCUT2D eigenvalue weighted by Gasteiger charge is -2.37. The molecule has 2 saturated heterocycles. The van der Waals surface area contributed by atoms with Gasteiger partial charge in [-0.1, -0.05) is 68.2 Å². The number of aromatic nitrogens is 1. The van der Waals surface area contributed by atoms with Crippen molar-refractivity contribution in [1.82, 2.24) is 14.4 Å². The first-order chi connectivity index (χ1) is 17.8. The van der Waals surface area contributed by atoms with Crippen LogP contribution >= 0.6 is 24.0 Å². The second-order valence-electron chi connectivity index (χ2n) is 9.37. The van der Waals surface area contributed by atoms with Crippen LogP contribution in [0.5, 0.6) is 0 Å². The zero-order chi connectivity index (χ0) is 26.7. The maximum atomic E-state index is 13.6. The van der Waals surface area contributed by atoms with Gasteiger partial charge < -0.3 is 9.80 Å². The number of thioether (sulfide) groups is 1. The zero-order valence-corrected chi connectivity index (χ0v) is 23.5. The van der Waals surface area contributed by atoms with E-state index < -0.39 is 0 Å². The van der Waals surface area contributed by atoms with Crippen LogP contribution in [0.25, 0.3) is 6.08 Å². The number of anilines is 1. The molecule has 1 aromatic heterocycles. The number of benzene rings is 1. The monoisotopic (exact) mass is 535 g/mol. The van der Waals surface area contributed by atoms with Gasteiger partial charge in [-0.2, -0.15) is 5.26 Å². The van der Waals surface area contributed by atoms with Gasteiger partial charge in [0.15, 0.2) is 0 Å². The number of likely N-dealkylation sites (N-methyl/N-ethyl adjacent to an activating group) is 1. The Balaban J connectivity index is 1.83. The standard InChI is InChI=1S/C28H33N5O2S2/c1-5-12-32-25(31-15-13-30(6-2)14-16-31)22(19(3)23(18-29)26(32)34)17-24-27(35)33(28(36)37-24)20(4)21-10-8-7-9-11-21/h7-11,17,20H,5-6,12-16H2,1-4H3/b24-17-. The number of amides is 1. The average molecular weight is 536 g/mol. The normalized spacial score (nSPS) is 18.5. The molecule has 0 spiro atoms. The van der Waals surface area contributed by atoms with Crippen LogP contribution in [0.1, 0.15) is 55.5 Å². The number of thiocarbonyl (C=S) groups is 1. The number of piperazine rings is 1. The summed E-state index contributed by atoms with van der Waals surface area (Å²) in [4.78, 5) is 33.8. The summed E-state index contributed by atoms with van der Waals surface area (Å²) >= 11 is 6.92. The fourth-order valence-electron chi connectivity index (χ4n) is 5.02. The Hall–Kier alpha value is -2.93. The quantitative estimate of drug-likeness (QED) is 0.381. The summed E-state index contributed by atoms with van der Waals surface area (Å²) in [6, 6.07) is 11.8. The first kappa shape index (κ1) is 27.1. The number of pyridine rings is 1. The minimum absolute atomic E-state index is 0.128. The lowest BCUT2D eigenvalue weighted by Crippen LogP contribution is -2.48. The van der Waals surface area contributed by atoms with E-state index >= 15 is 0 Å². The van der Waals surface area contributed by atoms with E-state index in [1.54, 1.807) is 16.4 Å². The van der Waals surface area contributed by atoms with Gasteiger partial charge in [0, 0.05) is 38.3 Å². The van der Waals surface area contributed by atoms with Gasteiger partial charge in [-0.3, -0.25) is 19.1 Å². The number of rotatable bonds is 7. The van der Waals surface area contributed by atoms with Crippen LogP contribution in [-0.2, 0) is 11.3 Å². The van der Waals surface area contributed by atoms with E-state index in [2.05, 4.69) is 22.8 Å². The topological polar surface area (TPSA) is 72.6 Å². The van der Waals surface area contributed by atoms with Crippen molar-refractivity contribution >= 4 is 46.1 Å². The Morgan fingerprint density at radius 3 is 2.41 bits per heavy atom. The zero-order valence-electron chi connectivity index (χ0n) is 21.9. The van der Waals surface area contributed by atoms with Gasteiger partial charge in [-0.25, -0.2) is 0 Å². The summed E-state index contributed by atoms with van der Waals surface area (Å²) < 4.78 is 2.23. The molecule has 1 amide bonds. The molecule has 2 aliphatic rings. The summed E-state index contributed by atoms with van der Waals surface area (Å²) in [5.74, 6) is 0.639. The third-order valence-electron chi connectivity index (χ3n) is 7.18.